The normalized spacial score (nSPS) is 10.4. The van der Waals surface area contributed by atoms with E-state index in [9.17, 15) is 5.11 Å². The van der Waals surface area contributed by atoms with Gasteiger partial charge in [0.2, 0.25) is 5.88 Å². The number of halogens is 1. The Morgan fingerprint density at radius 3 is 2.72 bits per heavy atom. The molecule has 2 aromatic rings. The van der Waals surface area contributed by atoms with Crippen LogP contribution in [0.1, 0.15) is 5.76 Å². The number of para-hydroxylation sites is 1. The summed E-state index contributed by atoms with van der Waals surface area (Å²) in [6.45, 7) is 1.69. The second kappa shape index (κ2) is 4.82. The van der Waals surface area contributed by atoms with Gasteiger partial charge in [-0.15, -0.1) is 0 Å². The number of hydrogen-bond donors (Lipinski definition) is 2. The average molecular weight is 268 g/mol. The van der Waals surface area contributed by atoms with E-state index >= 15 is 0 Å². The Morgan fingerprint density at radius 2 is 2.11 bits per heavy atom. The summed E-state index contributed by atoms with van der Waals surface area (Å²) < 4.78 is 10.7. The van der Waals surface area contributed by atoms with Crippen LogP contribution in [0, 0.1) is 6.92 Å². The van der Waals surface area contributed by atoms with E-state index in [0.29, 0.717) is 33.5 Å². The molecule has 0 radical (unpaired) electrons. The number of nitrogens with one attached hydrogen (secondary N) is 1. The van der Waals surface area contributed by atoms with Crippen molar-refractivity contribution < 1.29 is 14.3 Å². The molecule has 0 amide bonds. The predicted molar refractivity (Wildman–Crippen MR) is 71.7 cm³/mol. The number of hydrogen-bond acceptors (Lipinski definition) is 4. The molecule has 0 atom stereocenters. The lowest BCUT2D eigenvalue weighted by atomic mass is 10.1. The lowest BCUT2D eigenvalue weighted by Crippen LogP contribution is -1.92. The van der Waals surface area contributed by atoms with Crippen LogP contribution < -0.4 is 10.1 Å². The topological polar surface area (TPSA) is 54.6 Å². The number of benzene rings is 1. The molecule has 0 fully saturated rings. The van der Waals surface area contributed by atoms with E-state index in [2.05, 4.69) is 5.32 Å². The van der Waals surface area contributed by atoms with Crippen LogP contribution >= 0.6 is 11.6 Å². The Kier molecular flexibility index (Phi) is 3.39. The zero-order valence-corrected chi connectivity index (χ0v) is 11.1. The van der Waals surface area contributed by atoms with Crippen LogP contribution in [-0.4, -0.2) is 19.3 Å². The maximum Gasteiger partial charge on any atom is 0.204 e. The van der Waals surface area contributed by atoms with Gasteiger partial charge in [-0.3, -0.25) is 0 Å². The van der Waals surface area contributed by atoms with Crippen molar-refractivity contribution in [2.75, 3.05) is 19.5 Å². The van der Waals surface area contributed by atoms with Crippen molar-refractivity contribution in [2.24, 2.45) is 0 Å². The molecule has 0 aliphatic rings. The van der Waals surface area contributed by atoms with Gasteiger partial charge in [-0.25, -0.2) is 0 Å². The second-order valence-electron chi connectivity index (χ2n) is 3.78. The molecule has 1 heterocycles. The molecule has 0 unspecified atom stereocenters. The number of ether oxygens (including phenoxy) is 1. The van der Waals surface area contributed by atoms with Gasteiger partial charge < -0.3 is 19.6 Å². The molecular formula is C13H14ClNO3. The molecule has 2 rings (SSSR count). The summed E-state index contributed by atoms with van der Waals surface area (Å²) in [5.74, 6) is 1.51. The summed E-state index contributed by atoms with van der Waals surface area (Å²) in [4.78, 5) is 0. The first-order valence-electron chi connectivity index (χ1n) is 5.43. The monoisotopic (exact) mass is 267 g/mol. The van der Waals surface area contributed by atoms with Crippen molar-refractivity contribution >= 4 is 17.5 Å². The van der Waals surface area contributed by atoms with Crippen molar-refractivity contribution in [1.29, 1.82) is 0 Å². The Bertz CT molecular complexity index is 578. The average Bonchev–Trinajstić information content (AvgIpc) is 2.65. The highest BCUT2D eigenvalue weighted by atomic mass is 35.5. The van der Waals surface area contributed by atoms with Crippen LogP contribution in [0.2, 0.25) is 5.02 Å². The molecular weight excluding hydrogens is 254 g/mol. The number of rotatable bonds is 3. The molecule has 4 nitrogen and oxygen atoms in total. The quantitative estimate of drug-likeness (QED) is 0.891. The van der Waals surface area contributed by atoms with Crippen LogP contribution in [0.25, 0.3) is 11.1 Å². The molecule has 0 aliphatic carbocycles. The van der Waals surface area contributed by atoms with Crippen molar-refractivity contribution in [1.82, 2.24) is 0 Å². The fraction of sp³-hybridized carbons (Fsp3) is 0.231. The summed E-state index contributed by atoms with van der Waals surface area (Å²) in [5.41, 5.74) is 1.23. The van der Waals surface area contributed by atoms with Gasteiger partial charge in [0.05, 0.1) is 17.7 Å². The van der Waals surface area contributed by atoms with Crippen LogP contribution in [-0.2, 0) is 0 Å². The molecule has 1 aromatic carbocycles. The van der Waals surface area contributed by atoms with Gasteiger partial charge in [-0.1, -0.05) is 23.7 Å². The van der Waals surface area contributed by atoms with Crippen molar-refractivity contribution in [3.05, 3.63) is 29.0 Å². The summed E-state index contributed by atoms with van der Waals surface area (Å²) in [5, 5.41) is 13.5. The van der Waals surface area contributed by atoms with Crippen LogP contribution in [0.5, 0.6) is 11.5 Å². The van der Waals surface area contributed by atoms with E-state index in [-0.39, 0.29) is 5.75 Å². The number of aromatic hydroxyl groups is 1. The molecule has 18 heavy (non-hydrogen) atoms. The third kappa shape index (κ3) is 1.88. The van der Waals surface area contributed by atoms with E-state index in [4.69, 9.17) is 20.8 Å². The summed E-state index contributed by atoms with van der Waals surface area (Å²) in [6, 6.07) is 5.34. The highest BCUT2D eigenvalue weighted by Crippen LogP contribution is 2.46. The standard InChI is InChI=1S/C13H14ClNO3/c1-7-11(16)10(13(15-2)18-7)8-5-4-6-9(14)12(8)17-3/h4-6,15-16H,1-3H3. The number of methoxy groups -OCH3 is 1. The van der Waals surface area contributed by atoms with Gasteiger partial charge in [-0.2, -0.15) is 0 Å². The molecule has 96 valence electrons. The SMILES string of the molecule is CNc1oc(C)c(O)c1-c1cccc(Cl)c1OC. The highest BCUT2D eigenvalue weighted by molar-refractivity contribution is 6.32. The minimum atomic E-state index is 0.0833. The lowest BCUT2D eigenvalue weighted by molar-refractivity contribution is 0.416. The van der Waals surface area contributed by atoms with Crippen LogP contribution in [0.3, 0.4) is 0 Å². The molecule has 0 saturated heterocycles. The summed E-state index contributed by atoms with van der Waals surface area (Å²) >= 11 is 6.08. The first-order valence-corrected chi connectivity index (χ1v) is 5.81. The molecule has 1 aromatic heterocycles. The van der Waals surface area contributed by atoms with E-state index in [1.807, 2.05) is 6.07 Å². The molecule has 0 saturated carbocycles. The van der Waals surface area contributed by atoms with Crippen LogP contribution in [0.15, 0.2) is 22.6 Å². The number of furan rings is 1. The van der Waals surface area contributed by atoms with Gasteiger partial charge in [0.1, 0.15) is 11.5 Å². The smallest absolute Gasteiger partial charge is 0.204 e. The van der Waals surface area contributed by atoms with Gasteiger partial charge in [0.25, 0.3) is 0 Å². The number of anilines is 1. The minimum Gasteiger partial charge on any atom is -0.504 e. The molecule has 0 aliphatic heterocycles. The van der Waals surface area contributed by atoms with Crippen molar-refractivity contribution in [2.45, 2.75) is 6.92 Å². The van der Waals surface area contributed by atoms with Gasteiger partial charge in [0.15, 0.2) is 5.75 Å². The molecule has 5 heteroatoms. The van der Waals surface area contributed by atoms with Crippen molar-refractivity contribution in [3.8, 4) is 22.6 Å². The van der Waals surface area contributed by atoms with Crippen LogP contribution in [0.4, 0.5) is 5.88 Å². The largest absolute Gasteiger partial charge is 0.504 e. The lowest BCUT2D eigenvalue weighted by Gasteiger charge is -2.10. The molecule has 0 bridgehead atoms. The Labute approximate surface area is 110 Å². The fourth-order valence-corrected chi connectivity index (χ4v) is 2.13. The van der Waals surface area contributed by atoms with Crippen molar-refractivity contribution in [3.63, 3.8) is 0 Å². The second-order valence-corrected chi connectivity index (χ2v) is 4.19. The summed E-state index contributed by atoms with van der Waals surface area (Å²) in [6.07, 6.45) is 0. The Balaban J connectivity index is 2.72. The third-order valence-electron chi connectivity index (χ3n) is 2.72. The highest BCUT2D eigenvalue weighted by Gasteiger charge is 2.22. The van der Waals surface area contributed by atoms with Gasteiger partial charge >= 0.3 is 0 Å². The van der Waals surface area contributed by atoms with E-state index < -0.39 is 0 Å². The zero-order chi connectivity index (χ0) is 13.3. The first kappa shape index (κ1) is 12.6. The van der Waals surface area contributed by atoms with Gasteiger partial charge in [0, 0.05) is 12.6 Å². The fourth-order valence-electron chi connectivity index (χ4n) is 1.88. The van der Waals surface area contributed by atoms with E-state index in [1.54, 1.807) is 26.1 Å². The number of aryl methyl sites for hydroxylation is 1. The maximum absolute atomic E-state index is 10.1. The zero-order valence-electron chi connectivity index (χ0n) is 10.4. The molecule has 0 spiro atoms. The Morgan fingerprint density at radius 1 is 1.39 bits per heavy atom. The predicted octanol–water partition coefficient (Wildman–Crippen LogP) is 3.66. The van der Waals surface area contributed by atoms with Gasteiger partial charge in [-0.05, 0) is 13.0 Å². The maximum atomic E-state index is 10.1. The first-order chi connectivity index (χ1) is 8.60. The minimum absolute atomic E-state index is 0.0833. The third-order valence-corrected chi connectivity index (χ3v) is 3.02. The van der Waals surface area contributed by atoms with E-state index in [1.165, 1.54) is 7.11 Å². The Hall–Kier alpha value is -1.81. The molecule has 2 N–H and O–H groups in total. The van der Waals surface area contributed by atoms with E-state index in [0.717, 1.165) is 0 Å². The summed E-state index contributed by atoms with van der Waals surface area (Å²) in [7, 11) is 3.26.